The minimum absolute atomic E-state index is 0.0604. The van der Waals surface area contributed by atoms with Gasteiger partial charge in [0.2, 0.25) is 0 Å². The molecule has 0 saturated carbocycles. The van der Waals surface area contributed by atoms with Gasteiger partial charge in [0.1, 0.15) is 6.61 Å². The van der Waals surface area contributed by atoms with Crippen LogP contribution in [0.4, 0.5) is 0 Å². The fourth-order valence-electron chi connectivity index (χ4n) is 3.14. The van der Waals surface area contributed by atoms with Crippen LogP contribution in [0.1, 0.15) is 38.7 Å². The molecular formula is C25H32N2O5S. The highest BCUT2D eigenvalue weighted by atomic mass is 32.2. The summed E-state index contributed by atoms with van der Waals surface area (Å²) < 4.78 is 5.74. The lowest BCUT2D eigenvalue weighted by Crippen LogP contribution is -2.36. The van der Waals surface area contributed by atoms with E-state index < -0.39 is 12.1 Å². The van der Waals surface area contributed by atoms with E-state index in [0.717, 1.165) is 40.7 Å². The molecule has 1 heterocycles. The molecule has 1 aliphatic carbocycles. The summed E-state index contributed by atoms with van der Waals surface area (Å²) >= 11 is 1.14. The predicted octanol–water partition coefficient (Wildman–Crippen LogP) is 2.02. The number of aromatic amines is 1. The van der Waals surface area contributed by atoms with E-state index in [1.807, 2.05) is 50.3 Å². The zero-order valence-electron chi connectivity index (χ0n) is 19.0. The molecule has 0 fully saturated rings. The zero-order valence-corrected chi connectivity index (χ0v) is 19.9. The Morgan fingerprint density at radius 3 is 2.85 bits per heavy atom. The van der Waals surface area contributed by atoms with Gasteiger partial charge in [-0.15, -0.1) is 11.8 Å². The Labute approximate surface area is 197 Å². The number of hydrogen-bond acceptors (Lipinski definition) is 6. The van der Waals surface area contributed by atoms with Crippen molar-refractivity contribution in [3.05, 3.63) is 74.3 Å². The average Bonchev–Trinajstić information content (AvgIpc) is 3.00. The third kappa shape index (κ3) is 8.82. The number of aliphatic carboxylic acids is 1. The summed E-state index contributed by atoms with van der Waals surface area (Å²) in [6.07, 6.45) is 14.8. The summed E-state index contributed by atoms with van der Waals surface area (Å²) in [5.41, 5.74) is 7.61. The summed E-state index contributed by atoms with van der Waals surface area (Å²) in [4.78, 5) is 26.1. The number of ether oxygens (including phenoxy) is 1. The Bertz CT molecular complexity index is 1130. The van der Waals surface area contributed by atoms with Gasteiger partial charge < -0.3 is 25.7 Å². The van der Waals surface area contributed by atoms with Gasteiger partial charge in [0.25, 0.3) is 5.56 Å². The van der Waals surface area contributed by atoms with Crippen LogP contribution >= 0.6 is 11.8 Å². The van der Waals surface area contributed by atoms with Gasteiger partial charge in [-0.2, -0.15) is 0 Å². The predicted molar refractivity (Wildman–Crippen MR) is 135 cm³/mol. The summed E-state index contributed by atoms with van der Waals surface area (Å²) in [5, 5.41) is 20.4. The Kier molecular flexibility index (Phi) is 10.8. The summed E-state index contributed by atoms with van der Waals surface area (Å²) in [6.45, 7) is 4.00. The van der Waals surface area contributed by atoms with Crippen LogP contribution in [0.25, 0.3) is 17.8 Å². The molecule has 33 heavy (non-hydrogen) atoms. The number of aliphatic hydroxyl groups excluding tert-OH is 1. The highest BCUT2D eigenvalue weighted by Crippen LogP contribution is 2.15. The number of aromatic nitrogens is 1. The second-order valence-electron chi connectivity index (χ2n) is 7.47. The zero-order chi connectivity index (χ0) is 24.2. The molecule has 5 N–H and O–H groups in total. The van der Waals surface area contributed by atoms with Crippen molar-refractivity contribution in [1.82, 2.24) is 4.98 Å². The van der Waals surface area contributed by atoms with Gasteiger partial charge in [0.05, 0.1) is 23.2 Å². The molecule has 1 atom stereocenters. The summed E-state index contributed by atoms with van der Waals surface area (Å²) in [5.74, 6) is -0.0403. The molecule has 178 valence electrons. The molecule has 0 spiro atoms. The quantitative estimate of drug-likeness (QED) is 0.271. The molecule has 1 aromatic rings. The molecule has 1 aliphatic rings. The largest absolute Gasteiger partial charge is 0.495 e. The maximum atomic E-state index is 12.6. The lowest BCUT2D eigenvalue weighted by Gasteiger charge is -2.14. The van der Waals surface area contributed by atoms with Gasteiger partial charge >= 0.3 is 5.97 Å². The minimum atomic E-state index is -0.915. The number of aliphatic hydroxyl groups is 1. The molecule has 0 aliphatic heterocycles. The van der Waals surface area contributed by atoms with Crippen LogP contribution in [-0.4, -0.2) is 45.4 Å². The van der Waals surface area contributed by atoms with Crippen molar-refractivity contribution in [2.75, 3.05) is 18.1 Å². The molecule has 1 aromatic heterocycles. The normalized spacial score (nSPS) is 15.2. The smallest absolute Gasteiger partial charge is 0.313 e. The molecule has 0 aromatic carbocycles. The van der Waals surface area contributed by atoms with Crippen molar-refractivity contribution >= 4 is 35.6 Å². The Balaban J connectivity index is 2.20. The van der Waals surface area contributed by atoms with E-state index in [4.69, 9.17) is 15.6 Å². The van der Waals surface area contributed by atoms with Crippen LogP contribution in [0.5, 0.6) is 0 Å². The molecule has 8 heteroatoms. The van der Waals surface area contributed by atoms with Gasteiger partial charge in [-0.3, -0.25) is 9.59 Å². The summed E-state index contributed by atoms with van der Waals surface area (Å²) in [6, 6.07) is 1.80. The van der Waals surface area contributed by atoms with Crippen LogP contribution < -0.4 is 21.9 Å². The van der Waals surface area contributed by atoms with Gasteiger partial charge in [-0.05, 0) is 47.9 Å². The van der Waals surface area contributed by atoms with E-state index in [-0.39, 0.29) is 23.7 Å². The molecule has 2 rings (SSSR count). The van der Waals surface area contributed by atoms with E-state index in [0.29, 0.717) is 23.4 Å². The first-order valence-corrected chi connectivity index (χ1v) is 12.1. The van der Waals surface area contributed by atoms with Gasteiger partial charge in [-0.1, -0.05) is 38.2 Å². The van der Waals surface area contributed by atoms with E-state index in [9.17, 15) is 14.7 Å². The van der Waals surface area contributed by atoms with Crippen LogP contribution in [0.2, 0.25) is 0 Å². The number of carboxylic acid groups (broad SMARTS) is 1. The van der Waals surface area contributed by atoms with E-state index in [1.165, 1.54) is 0 Å². The monoisotopic (exact) mass is 472 g/mol. The number of hydrogen-bond donors (Lipinski definition) is 4. The number of allylic oxidation sites excluding steroid dienone is 7. The highest BCUT2D eigenvalue weighted by Gasteiger charge is 2.09. The van der Waals surface area contributed by atoms with Crippen molar-refractivity contribution < 1.29 is 19.7 Å². The lowest BCUT2D eigenvalue weighted by molar-refractivity contribution is -0.133. The van der Waals surface area contributed by atoms with Crippen molar-refractivity contribution in [2.24, 2.45) is 5.73 Å². The van der Waals surface area contributed by atoms with Crippen molar-refractivity contribution in [3.63, 3.8) is 0 Å². The van der Waals surface area contributed by atoms with Crippen LogP contribution in [-0.2, 0) is 9.53 Å². The fourth-order valence-corrected chi connectivity index (χ4v) is 3.80. The van der Waals surface area contributed by atoms with E-state index in [2.05, 4.69) is 4.98 Å². The Hall–Kier alpha value is -2.97. The number of carboxylic acids is 1. The van der Waals surface area contributed by atoms with Crippen molar-refractivity contribution in [1.29, 1.82) is 0 Å². The summed E-state index contributed by atoms with van der Waals surface area (Å²) in [7, 11) is 0. The number of fused-ring (bicyclic) bond motifs is 1. The van der Waals surface area contributed by atoms with Gasteiger partial charge in [0, 0.05) is 23.2 Å². The first-order valence-electron chi connectivity index (χ1n) is 10.9. The number of nitrogens with one attached hydrogen (secondary N) is 1. The molecule has 0 amide bonds. The van der Waals surface area contributed by atoms with Crippen LogP contribution in [0.15, 0.2) is 52.6 Å². The van der Waals surface area contributed by atoms with Crippen LogP contribution in [0.3, 0.4) is 0 Å². The Morgan fingerprint density at radius 1 is 1.36 bits per heavy atom. The lowest BCUT2D eigenvalue weighted by atomic mass is 10.1. The SMILES string of the molecule is CC/C=C(/C=C(\N)c1cc2c([nH]c1=O)=CC=CCC=2)\C=C(/CC)OCC(O)CSCC(=O)O. The topological polar surface area (TPSA) is 126 Å². The van der Waals surface area contributed by atoms with Crippen LogP contribution in [0, 0.1) is 0 Å². The minimum Gasteiger partial charge on any atom is -0.495 e. The molecule has 1 unspecified atom stereocenters. The third-order valence-electron chi connectivity index (χ3n) is 4.72. The molecule has 0 saturated heterocycles. The molecule has 7 nitrogen and oxygen atoms in total. The fraction of sp³-hybridized carbons (Fsp3) is 0.360. The number of thioether (sulfide) groups is 1. The van der Waals surface area contributed by atoms with E-state index in [1.54, 1.807) is 12.1 Å². The first-order chi connectivity index (χ1) is 15.8. The third-order valence-corrected chi connectivity index (χ3v) is 5.79. The molecule has 0 bridgehead atoms. The van der Waals surface area contributed by atoms with E-state index >= 15 is 0 Å². The van der Waals surface area contributed by atoms with Crippen molar-refractivity contribution in [3.8, 4) is 0 Å². The second kappa shape index (κ2) is 13.5. The molecular weight excluding hydrogens is 440 g/mol. The van der Waals surface area contributed by atoms with Gasteiger partial charge in [0.15, 0.2) is 0 Å². The van der Waals surface area contributed by atoms with Crippen molar-refractivity contribution in [2.45, 2.75) is 39.2 Å². The maximum Gasteiger partial charge on any atom is 0.313 e. The highest BCUT2D eigenvalue weighted by molar-refractivity contribution is 7.99. The average molecular weight is 473 g/mol. The number of carbonyl (C=O) groups is 1. The first kappa shape index (κ1) is 26.3. The maximum absolute atomic E-state index is 12.6. The molecule has 0 radical (unpaired) electrons. The van der Waals surface area contributed by atoms with Gasteiger partial charge in [-0.25, -0.2) is 0 Å². The second-order valence-corrected chi connectivity index (χ2v) is 8.50. The Morgan fingerprint density at radius 2 is 2.15 bits per heavy atom. The number of H-pyrrole nitrogens is 1. The number of rotatable bonds is 12. The standard InChI is InChI=1S/C25H32N2O5S/c1-3-8-17(11-20(4-2)32-14-19(28)15-33-16-24(29)30)12-22(26)21-13-18-9-6-5-7-10-23(18)27-25(21)31/h5,7-13,19,28H,3-4,6,14-16,26H2,1-2H3,(H,27,31)(H,29,30)/b17-8+,20-11+,22-12-. The number of pyridine rings is 1. The number of nitrogens with two attached hydrogens (primary N) is 1.